The number of methoxy groups -OCH3 is 1. The largest absolute Gasteiger partial charge is 0.493 e. The van der Waals surface area contributed by atoms with E-state index in [1.807, 2.05) is 6.07 Å². The van der Waals surface area contributed by atoms with E-state index in [0.29, 0.717) is 36.6 Å². The van der Waals surface area contributed by atoms with Crippen molar-refractivity contribution in [1.29, 1.82) is 0 Å². The van der Waals surface area contributed by atoms with E-state index >= 15 is 0 Å². The van der Waals surface area contributed by atoms with Crippen LogP contribution in [0.4, 0.5) is 4.39 Å². The van der Waals surface area contributed by atoms with Gasteiger partial charge in [-0.3, -0.25) is 4.79 Å². The Hall–Kier alpha value is -3.08. The molecule has 2 aromatic carbocycles. The minimum Gasteiger partial charge on any atom is -0.493 e. The number of ether oxygens (including phenoxy) is 2. The minimum atomic E-state index is -0.261. The van der Waals surface area contributed by atoms with Crippen LogP contribution in [0.2, 0.25) is 0 Å². The molecule has 0 unspecified atom stereocenters. The first kappa shape index (κ1) is 19.2. The summed E-state index contributed by atoms with van der Waals surface area (Å²) in [6.45, 7) is 4.35. The fraction of sp³-hybridized carbons (Fsp3) is 0.190. The third-order valence-electron chi connectivity index (χ3n) is 3.62. The standard InChI is InChI=1S/C21H22FNO3/c1-3-14-26-19-10-8-16(15-20(19)25-2)9-11-21(24)23-13-12-17-6-4-5-7-18(17)22/h3-11,15H,1,12-14H2,2H3,(H,23,24)/b11-9+. The molecule has 4 nitrogen and oxygen atoms in total. The van der Waals surface area contributed by atoms with Gasteiger partial charge >= 0.3 is 0 Å². The fourth-order valence-corrected chi connectivity index (χ4v) is 2.31. The Labute approximate surface area is 152 Å². The summed E-state index contributed by atoms with van der Waals surface area (Å²) in [5.41, 5.74) is 1.38. The molecule has 2 aromatic rings. The molecule has 0 saturated carbocycles. The van der Waals surface area contributed by atoms with Gasteiger partial charge in [-0.25, -0.2) is 4.39 Å². The van der Waals surface area contributed by atoms with Gasteiger partial charge in [0.2, 0.25) is 5.91 Å². The van der Waals surface area contributed by atoms with Gasteiger partial charge in [0.15, 0.2) is 11.5 Å². The summed E-state index contributed by atoms with van der Waals surface area (Å²) in [7, 11) is 1.55. The van der Waals surface area contributed by atoms with Gasteiger partial charge in [0.25, 0.3) is 0 Å². The lowest BCUT2D eigenvalue weighted by Crippen LogP contribution is -2.23. The number of rotatable bonds is 9. The first-order valence-electron chi connectivity index (χ1n) is 8.25. The van der Waals surface area contributed by atoms with Crippen molar-refractivity contribution < 1.29 is 18.7 Å². The van der Waals surface area contributed by atoms with Crippen LogP contribution < -0.4 is 14.8 Å². The van der Waals surface area contributed by atoms with Crippen molar-refractivity contribution in [1.82, 2.24) is 5.32 Å². The lowest BCUT2D eigenvalue weighted by Gasteiger charge is -2.09. The van der Waals surface area contributed by atoms with Crippen molar-refractivity contribution in [2.45, 2.75) is 6.42 Å². The Morgan fingerprint density at radius 1 is 1.23 bits per heavy atom. The Bertz CT molecular complexity index is 787. The average molecular weight is 355 g/mol. The molecule has 0 saturated heterocycles. The SMILES string of the molecule is C=CCOc1ccc(/C=C/C(=O)NCCc2ccccc2F)cc1OC. The number of amides is 1. The number of hydrogen-bond donors (Lipinski definition) is 1. The molecule has 0 bridgehead atoms. The zero-order chi connectivity index (χ0) is 18.8. The van der Waals surface area contributed by atoms with Crippen LogP contribution >= 0.6 is 0 Å². The Morgan fingerprint density at radius 2 is 2.04 bits per heavy atom. The predicted molar refractivity (Wildman–Crippen MR) is 101 cm³/mol. The number of hydrogen-bond acceptors (Lipinski definition) is 3. The van der Waals surface area contributed by atoms with Crippen molar-refractivity contribution in [3.05, 3.63) is 78.1 Å². The molecule has 0 aromatic heterocycles. The van der Waals surface area contributed by atoms with Crippen LogP contribution in [0.5, 0.6) is 11.5 Å². The van der Waals surface area contributed by atoms with E-state index in [9.17, 15) is 9.18 Å². The van der Waals surface area contributed by atoms with Crippen LogP contribution in [0.1, 0.15) is 11.1 Å². The van der Waals surface area contributed by atoms with Gasteiger partial charge in [0.05, 0.1) is 7.11 Å². The third kappa shape index (κ3) is 5.77. The highest BCUT2D eigenvalue weighted by Crippen LogP contribution is 2.28. The number of carbonyl (C=O) groups is 1. The molecular formula is C21H22FNO3. The molecule has 5 heteroatoms. The van der Waals surface area contributed by atoms with Crippen molar-refractivity contribution in [2.24, 2.45) is 0 Å². The molecular weight excluding hydrogens is 333 g/mol. The Balaban J connectivity index is 1.89. The number of carbonyl (C=O) groups excluding carboxylic acids is 1. The van der Waals surface area contributed by atoms with Gasteiger partial charge in [-0.2, -0.15) is 0 Å². The maximum atomic E-state index is 13.5. The lowest BCUT2D eigenvalue weighted by molar-refractivity contribution is -0.116. The van der Waals surface area contributed by atoms with E-state index in [4.69, 9.17) is 9.47 Å². The summed E-state index contributed by atoms with van der Waals surface area (Å²) >= 11 is 0. The molecule has 0 aliphatic carbocycles. The van der Waals surface area contributed by atoms with Crippen molar-refractivity contribution >= 4 is 12.0 Å². The van der Waals surface area contributed by atoms with E-state index in [1.54, 1.807) is 49.6 Å². The van der Waals surface area contributed by atoms with Crippen LogP contribution in [0, 0.1) is 5.82 Å². The molecule has 0 aliphatic heterocycles. The maximum Gasteiger partial charge on any atom is 0.244 e. The second kappa shape index (κ2) is 10.0. The molecule has 0 spiro atoms. The van der Waals surface area contributed by atoms with Gasteiger partial charge in [-0.05, 0) is 41.8 Å². The molecule has 0 heterocycles. The van der Waals surface area contributed by atoms with Crippen LogP contribution in [-0.2, 0) is 11.2 Å². The van der Waals surface area contributed by atoms with E-state index in [0.717, 1.165) is 5.56 Å². The van der Waals surface area contributed by atoms with Crippen molar-refractivity contribution in [2.75, 3.05) is 20.3 Å². The fourth-order valence-electron chi connectivity index (χ4n) is 2.31. The monoisotopic (exact) mass is 355 g/mol. The van der Waals surface area contributed by atoms with E-state index in [-0.39, 0.29) is 11.7 Å². The molecule has 0 aliphatic rings. The molecule has 136 valence electrons. The van der Waals surface area contributed by atoms with Crippen LogP contribution in [0.15, 0.2) is 61.2 Å². The van der Waals surface area contributed by atoms with E-state index in [2.05, 4.69) is 11.9 Å². The number of halogens is 1. The molecule has 0 radical (unpaired) electrons. The molecule has 1 amide bonds. The molecule has 2 rings (SSSR count). The van der Waals surface area contributed by atoms with Gasteiger partial charge in [0.1, 0.15) is 12.4 Å². The molecule has 26 heavy (non-hydrogen) atoms. The van der Waals surface area contributed by atoms with Crippen molar-refractivity contribution in [3.63, 3.8) is 0 Å². The quantitative estimate of drug-likeness (QED) is 0.550. The van der Waals surface area contributed by atoms with Gasteiger partial charge in [-0.15, -0.1) is 0 Å². The highest BCUT2D eigenvalue weighted by molar-refractivity contribution is 5.91. The van der Waals surface area contributed by atoms with E-state index < -0.39 is 0 Å². The van der Waals surface area contributed by atoms with Gasteiger partial charge < -0.3 is 14.8 Å². The van der Waals surface area contributed by atoms with Crippen molar-refractivity contribution in [3.8, 4) is 11.5 Å². The van der Waals surface area contributed by atoms with Gasteiger partial charge in [0, 0.05) is 12.6 Å². The summed E-state index contributed by atoms with van der Waals surface area (Å²) in [6, 6.07) is 11.9. The van der Waals surface area contributed by atoms with Crippen LogP contribution in [0.25, 0.3) is 6.08 Å². The highest BCUT2D eigenvalue weighted by Gasteiger charge is 2.05. The highest BCUT2D eigenvalue weighted by atomic mass is 19.1. The second-order valence-electron chi connectivity index (χ2n) is 5.48. The third-order valence-corrected chi connectivity index (χ3v) is 3.62. The zero-order valence-corrected chi connectivity index (χ0v) is 14.7. The maximum absolute atomic E-state index is 13.5. The first-order valence-corrected chi connectivity index (χ1v) is 8.25. The second-order valence-corrected chi connectivity index (χ2v) is 5.48. The summed E-state index contributed by atoms with van der Waals surface area (Å²) in [4.78, 5) is 11.9. The summed E-state index contributed by atoms with van der Waals surface area (Å²) in [5, 5.41) is 2.74. The minimum absolute atomic E-state index is 0.243. The zero-order valence-electron chi connectivity index (χ0n) is 14.7. The summed E-state index contributed by atoms with van der Waals surface area (Å²) in [6.07, 6.45) is 5.20. The lowest BCUT2D eigenvalue weighted by atomic mass is 10.1. The molecule has 1 N–H and O–H groups in total. The smallest absolute Gasteiger partial charge is 0.244 e. The van der Waals surface area contributed by atoms with Crippen LogP contribution in [0.3, 0.4) is 0 Å². The average Bonchev–Trinajstić information content (AvgIpc) is 2.66. The van der Waals surface area contributed by atoms with Gasteiger partial charge in [-0.1, -0.05) is 36.9 Å². The Kier molecular flexibility index (Phi) is 7.43. The number of nitrogens with one attached hydrogen (secondary N) is 1. The Morgan fingerprint density at radius 3 is 2.77 bits per heavy atom. The molecule has 0 atom stereocenters. The normalized spacial score (nSPS) is 10.5. The first-order chi connectivity index (χ1) is 12.6. The molecule has 0 fully saturated rings. The van der Waals surface area contributed by atoms with E-state index in [1.165, 1.54) is 12.1 Å². The number of benzene rings is 2. The topological polar surface area (TPSA) is 47.6 Å². The van der Waals surface area contributed by atoms with Crippen LogP contribution in [-0.4, -0.2) is 26.2 Å². The summed E-state index contributed by atoms with van der Waals surface area (Å²) < 4.78 is 24.3. The predicted octanol–water partition coefficient (Wildman–Crippen LogP) is 3.77. The summed E-state index contributed by atoms with van der Waals surface area (Å²) in [5.74, 6) is 0.684.